The number of aliphatic hydroxyl groups is 1. The van der Waals surface area contributed by atoms with Crippen molar-refractivity contribution in [3.63, 3.8) is 0 Å². The third-order valence-corrected chi connectivity index (χ3v) is 3.40. The van der Waals surface area contributed by atoms with E-state index in [0.29, 0.717) is 19.2 Å². The molecule has 0 radical (unpaired) electrons. The molecule has 4 heteroatoms. The van der Waals surface area contributed by atoms with E-state index in [2.05, 4.69) is 36.5 Å². The molecule has 0 saturated carbocycles. The Morgan fingerprint density at radius 2 is 1.59 bits per heavy atom. The molecule has 0 amide bonds. The second-order valence-corrected chi connectivity index (χ2v) is 5.42. The quantitative estimate of drug-likeness (QED) is 0.630. The van der Waals surface area contributed by atoms with Gasteiger partial charge in [0.2, 0.25) is 0 Å². The Balaban J connectivity index is 0.00000242. The summed E-state index contributed by atoms with van der Waals surface area (Å²) in [6.07, 6.45) is 0.552. The van der Waals surface area contributed by atoms with Gasteiger partial charge in [0.1, 0.15) is 25.0 Å². The topological polar surface area (TPSA) is 46.1 Å². The summed E-state index contributed by atoms with van der Waals surface area (Å²) in [5, 5.41) is 12.1. The maximum absolute atomic E-state index is 9.97. The zero-order valence-corrected chi connectivity index (χ0v) is 13.6. The number of benzene rings is 2. The first-order valence-corrected chi connectivity index (χ1v) is 7.47. The van der Waals surface area contributed by atoms with Gasteiger partial charge in [-0.25, -0.2) is 0 Å². The first-order chi connectivity index (χ1) is 10.2. The number of aliphatic hydroxyl groups excluding tert-OH is 1. The average Bonchev–Trinajstić information content (AvgIpc) is 2.53. The highest BCUT2D eigenvalue weighted by Gasteiger charge is 2.11. The standard InChI is InChI=1S/C18H23NO2.ClH/c1-15(12-16-8-4-2-5-9-16)19-13-17(20)14-21-18-10-6-3-7-11-18;/h2-11,15,17,19-20H,12-14H2,1H3;1H. The molecule has 0 fully saturated rings. The normalized spacial score (nSPS) is 13.0. The summed E-state index contributed by atoms with van der Waals surface area (Å²) >= 11 is 0. The molecule has 120 valence electrons. The number of ether oxygens (including phenoxy) is 1. The highest BCUT2D eigenvalue weighted by atomic mass is 35.5. The Morgan fingerprint density at radius 1 is 1.00 bits per heavy atom. The number of para-hydroxylation sites is 1. The van der Waals surface area contributed by atoms with Crippen LogP contribution >= 0.6 is 0 Å². The van der Waals surface area contributed by atoms with Crippen molar-refractivity contribution in [2.24, 2.45) is 0 Å². The molecular weight excluding hydrogens is 298 g/mol. The number of halogens is 1. The number of hydrogen-bond donors (Lipinski definition) is 2. The van der Waals surface area contributed by atoms with Gasteiger partial charge in [-0.05, 0) is 24.6 Å². The molecule has 2 atom stereocenters. The van der Waals surface area contributed by atoms with E-state index in [9.17, 15) is 5.11 Å². The van der Waals surface area contributed by atoms with E-state index in [1.54, 1.807) is 0 Å². The van der Waals surface area contributed by atoms with Crippen molar-refractivity contribution in [2.75, 3.05) is 13.2 Å². The molecule has 0 aromatic heterocycles. The summed E-state index contributed by atoms with van der Waals surface area (Å²) in [6.45, 7) is 3.16. The Bertz CT molecular complexity index is 507. The lowest BCUT2D eigenvalue weighted by molar-refractivity contribution is -0.691. The molecule has 2 aromatic rings. The zero-order valence-electron chi connectivity index (χ0n) is 12.9. The second-order valence-electron chi connectivity index (χ2n) is 5.42. The van der Waals surface area contributed by atoms with E-state index in [0.717, 1.165) is 12.2 Å². The molecule has 0 heterocycles. The van der Waals surface area contributed by atoms with Crippen molar-refractivity contribution in [2.45, 2.75) is 25.5 Å². The van der Waals surface area contributed by atoms with Crippen LogP contribution in [0, 0.1) is 0 Å². The van der Waals surface area contributed by atoms with Gasteiger partial charge in [-0.3, -0.25) is 0 Å². The van der Waals surface area contributed by atoms with Crippen LogP contribution < -0.4 is 22.5 Å². The summed E-state index contributed by atoms with van der Waals surface area (Å²) in [6, 6.07) is 20.5. The molecule has 3 N–H and O–H groups in total. The van der Waals surface area contributed by atoms with Gasteiger partial charge in [0.05, 0.1) is 6.04 Å². The molecular formula is C18H24ClNO2. The molecule has 2 unspecified atom stereocenters. The summed E-state index contributed by atoms with van der Waals surface area (Å²) in [5.41, 5.74) is 1.33. The van der Waals surface area contributed by atoms with E-state index < -0.39 is 6.10 Å². The SMILES string of the molecule is CC(Cc1ccccc1)[NH2+]CC(O)COc1ccccc1.[Cl-]. The van der Waals surface area contributed by atoms with Crippen LogP contribution in [-0.4, -0.2) is 30.4 Å². The van der Waals surface area contributed by atoms with Gasteiger partial charge < -0.3 is 27.6 Å². The molecule has 0 saturated heterocycles. The number of quaternary nitrogens is 1. The monoisotopic (exact) mass is 321 g/mol. The zero-order chi connectivity index (χ0) is 14.9. The lowest BCUT2D eigenvalue weighted by Gasteiger charge is -2.15. The Kier molecular flexibility index (Phi) is 8.60. The average molecular weight is 322 g/mol. The van der Waals surface area contributed by atoms with Crippen molar-refractivity contribution in [1.82, 2.24) is 0 Å². The molecule has 0 bridgehead atoms. The minimum atomic E-state index is -0.455. The van der Waals surface area contributed by atoms with Crippen molar-refractivity contribution in [3.8, 4) is 5.75 Å². The molecule has 3 nitrogen and oxygen atoms in total. The predicted molar refractivity (Wildman–Crippen MR) is 84.3 cm³/mol. The van der Waals surface area contributed by atoms with Gasteiger partial charge in [-0.2, -0.15) is 0 Å². The molecule has 2 aromatic carbocycles. The minimum Gasteiger partial charge on any atom is -1.00 e. The Morgan fingerprint density at radius 3 is 2.23 bits per heavy atom. The van der Waals surface area contributed by atoms with Crippen LogP contribution in [0.25, 0.3) is 0 Å². The van der Waals surface area contributed by atoms with Crippen LogP contribution in [0.5, 0.6) is 5.75 Å². The lowest BCUT2D eigenvalue weighted by atomic mass is 10.1. The Hall–Kier alpha value is -1.55. The van der Waals surface area contributed by atoms with Crippen molar-refractivity contribution < 1.29 is 27.6 Å². The summed E-state index contributed by atoms with van der Waals surface area (Å²) in [7, 11) is 0. The van der Waals surface area contributed by atoms with E-state index in [1.165, 1.54) is 5.56 Å². The largest absolute Gasteiger partial charge is 1.00 e. The van der Waals surface area contributed by atoms with Gasteiger partial charge in [-0.1, -0.05) is 48.5 Å². The summed E-state index contributed by atoms with van der Waals surface area (Å²) in [4.78, 5) is 0. The first-order valence-electron chi connectivity index (χ1n) is 7.47. The summed E-state index contributed by atoms with van der Waals surface area (Å²) < 4.78 is 5.55. The number of hydrogen-bond acceptors (Lipinski definition) is 2. The van der Waals surface area contributed by atoms with E-state index in [-0.39, 0.29) is 12.4 Å². The highest BCUT2D eigenvalue weighted by molar-refractivity contribution is 5.20. The van der Waals surface area contributed by atoms with Crippen molar-refractivity contribution in [1.29, 1.82) is 0 Å². The molecule has 0 aliphatic heterocycles. The maximum Gasteiger partial charge on any atom is 0.137 e. The lowest BCUT2D eigenvalue weighted by Crippen LogP contribution is -3.00. The molecule has 0 aliphatic rings. The van der Waals surface area contributed by atoms with Crippen molar-refractivity contribution in [3.05, 3.63) is 66.2 Å². The van der Waals surface area contributed by atoms with Gasteiger partial charge in [0.25, 0.3) is 0 Å². The van der Waals surface area contributed by atoms with E-state index >= 15 is 0 Å². The number of rotatable bonds is 8. The van der Waals surface area contributed by atoms with Gasteiger partial charge in [0.15, 0.2) is 0 Å². The first kappa shape index (κ1) is 18.5. The predicted octanol–water partition coefficient (Wildman–Crippen LogP) is -1.38. The molecule has 0 spiro atoms. The van der Waals surface area contributed by atoms with Crippen LogP contribution in [-0.2, 0) is 6.42 Å². The molecule has 0 aliphatic carbocycles. The van der Waals surface area contributed by atoms with Crippen LogP contribution in [0.4, 0.5) is 0 Å². The fourth-order valence-corrected chi connectivity index (χ4v) is 2.24. The fourth-order valence-electron chi connectivity index (χ4n) is 2.24. The van der Waals surface area contributed by atoms with E-state index in [4.69, 9.17) is 4.74 Å². The molecule has 22 heavy (non-hydrogen) atoms. The van der Waals surface area contributed by atoms with Crippen LogP contribution in [0.1, 0.15) is 12.5 Å². The maximum atomic E-state index is 9.97. The third kappa shape index (κ3) is 6.94. The van der Waals surface area contributed by atoms with Gasteiger partial charge in [0, 0.05) is 6.42 Å². The second kappa shape index (κ2) is 10.2. The van der Waals surface area contributed by atoms with Crippen molar-refractivity contribution >= 4 is 0 Å². The third-order valence-electron chi connectivity index (χ3n) is 3.40. The fraction of sp³-hybridized carbons (Fsp3) is 0.333. The summed E-state index contributed by atoms with van der Waals surface area (Å²) in [5.74, 6) is 0.800. The number of nitrogens with two attached hydrogens (primary N) is 1. The van der Waals surface area contributed by atoms with Gasteiger partial charge >= 0.3 is 0 Å². The van der Waals surface area contributed by atoms with Crippen LogP contribution in [0.15, 0.2) is 60.7 Å². The highest BCUT2D eigenvalue weighted by Crippen LogP contribution is 2.08. The van der Waals surface area contributed by atoms with Crippen LogP contribution in [0.2, 0.25) is 0 Å². The minimum absolute atomic E-state index is 0. The van der Waals surface area contributed by atoms with Crippen LogP contribution in [0.3, 0.4) is 0 Å². The smallest absolute Gasteiger partial charge is 0.137 e. The van der Waals surface area contributed by atoms with E-state index in [1.807, 2.05) is 36.4 Å². The Labute approximate surface area is 138 Å². The van der Waals surface area contributed by atoms with Gasteiger partial charge in [-0.15, -0.1) is 0 Å². The molecule has 2 rings (SSSR count).